The van der Waals surface area contributed by atoms with Gasteiger partial charge < -0.3 is 24.4 Å². The maximum Gasteiger partial charge on any atom is 0.257 e. The minimum atomic E-state index is -0.150. The number of fused-ring (bicyclic) bond motifs is 4. The fourth-order valence-electron chi connectivity index (χ4n) is 4.00. The second kappa shape index (κ2) is 8.47. The number of rotatable bonds is 1. The largest absolute Gasteiger partial charge is 0.491 e. The van der Waals surface area contributed by atoms with Crippen molar-refractivity contribution in [2.75, 3.05) is 44.4 Å². The Morgan fingerprint density at radius 1 is 1.10 bits per heavy atom. The van der Waals surface area contributed by atoms with Crippen LogP contribution in [0, 0.1) is 0 Å². The lowest BCUT2D eigenvalue weighted by Crippen LogP contribution is -2.36. The van der Waals surface area contributed by atoms with Gasteiger partial charge in [0.1, 0.15) is 17.2 Å². The Morgan fingerprint density at radius 3 is 2.84 bits per heavy atom. The molecule has 2 aliphatic rings. The maximum absolute atomic E-state index is 12.3. The SMILES string of the molecule is C[C@@H]1CCNC(=O)COc2cc(cc(N3CCOCC3)c2)-c2n[nH]c3ccc(cc23)O1. The van der Waals surface area contributed by atoms with Crippen LogP contribution in [0.25, 0.3) is 22.2 Å². The summed E-state index contributed by atoms with van der Waals surface area (Å²) in [4.78, 5) is 14.5. The molecule has 0 saturated carbocycles. The number of amides is 1. The van der Waals surface area contributed by atoms with Crippen LogP contribution < -0.4 is 19.7 Å². The van der Waals surface area contributed by atoms with Gasteiger partial charge in [-0.3, -0.25) is 9.89 Å². The summed E-state index contributed by atoms with van der Waals surface area (Å²) in [6, 6.07) is 12.0. The van der Waals surface area contributed by atoms with E-state index in [1.165, 1.54) is 0 Å². The van der Waals surface area contributed by atoms with Gasteiger partial charge in [-0.25, -0.2) is 0 Å². The van der Waals surface area contributed by atoms with Gasteiger partial charge in [-0.1, -0.05) is 0 Å². The first kappa shape index (κ1) is 19.7. The van der Waals surface area contributed by atoms with E-state index < -0.39 is 0 Å². The van der Waals surface area contributed by atoms with Crippen LogP contribution in [-0.2, 0) is 9.53 Å². The monoisotopic (exact) mass is 422 g/mol. The van der Waals surface area contributed by atoms with Crippen LogP contribution in [0.15, 0.2) is 36.4 Å². The van der Waals surface area contributed by atoms with E-state index in [1.54, 1.807) is 0 Å². The lowest BCUT2D eigenvalue weighted by Gasteiger charge is -2.29. The summed E-state index contributed by atoms with van der Waals surface area (Å²) in [5, 5.41) is 11.6. The van der Waals surface area contributed by atoms with Gasteiger partial charge in [0.15, 0.2) is 6.61 Å². The number of aromatic nitrogens is 2. The van der Waals surface area contributed by atoms with Crippen LogP contribution in [0.2, 0.25) is 0 Å². The number of benzene rings is 2. The molecule has 5 rings (SSSR count). The maximum atomic E-state index is 12.3. The van der Waals surface area contributed by atoms with Gasteiger partial charge in [-0.05, 0) is 37.3 Å². The second-order valence-corrected chi connectivity index (χ2v) is 7.95. The topological polar surface area (TPSA) is 88.7 Å². The summed E-state index contributed by atoms with van der Waals surface area (Å²) in [5.74, 6) is 1.27. The number of anilines is 1. The molecule has 8 heteroatoms. The number of ether oxygens (including phenoxy) is 3. The van der Waals surface area contributed by atoms with Crippen molar-refractivity contribution in [1.82, 2.24) is 15.5 Å². The molecule has 0 unspecified atom stereocenters. The Labute approximate surface area is 180 Å². The third-order valence-corrected chi connectivity index (χ3v) is 5.66. The molecule has 0 spiro atoms. The summed E-state index contributed by atoms with van der Waals surface area (Å²) in [6.07, 6.45) is 0.671. The van der Waals surface area contributed by atoms with E-state index in [-0.39, 0.29) is 18.6 Å². The average Bonchev–Trinajstić information content (AvgIpc) is 3.21. The molecule has 1 aromatic heterocycles. The quantitative estimate of drug-likeness (QED) is 0.627. The molecule has 0 aliphatic carbocycles. The third kappa shape index (κ3) is 4.29. The number of aromatic amines is 1. The highest BCUT2D eigenvalue weighted by Crippen LogP contribution is 2.35. The van der Waals surface area contributed by atoms with Crippen LogP contribution >= 0.6 is 0 Å². The number of hydrogen-bond acceptors (Lipinski definition) is 6. The highest BCUT2D eigenvalue weighted by molar-refractivity contribution is 5.94. The van der Waals surface area contributed by atoms with Crippen LogP contribution in [0.4, 0.5) is 5.69 Å². The molecular weight excluding hydrogens is 396 g/mol. The zero-order valence-electron chi connectivity index (χ0n) is 17.5. The second-order valence-electron chi connectivity index (χ2n) is 7.95. The van der Waals surface area contributed by atoms with Crippen molar-refractivity contribution in [3.05, 3.63) is 36.4 Å². The van der Waals surface area contributed by atoms with E-state index in [1.807, 2.05) is 37.3 Å². The van der Waals surface area contributed by atoms with Gasteiger partial charge in [-0.2, -0.15) is 5.10 Å². The van der Waals surface area contributed by atoms with Gasteiger partial charge in [0, 0.05) is 48.8 Å². The molecule has 1 fully saturated rings. The molecule has 1 amide bonds. The molecular formula is C23H26N4O4. The molecule has 2 aromatic carbocycles. The Balaban J connectivity index is 1.60. The zero-order valence-corrected chi connectivity index (χ0v) is 17.5. The highest BCUT2D eigenvalue weighted by atomic mass is 16.5. The molecule has 2 N–H and O–H groups in total. The van der Waals surface area contributed by atoms with E-state index >= 15 is 0 Å². The smallest absolute Gasteiger partial charge is 0.257 e. The van der Waals surface area contributed by atoms with Crippen LogP contribution in [0.1, 0.15) is 13.3 Å². The molecule has 0 radical (unpaired) electrons. The average molecular weight is 422 g/mol. The molecule has 1 atom stereocenters. The zero-order chi connectivity index (χ0) is 21.2. The fourth-order valence-corrected chi connectivity index (χ4v) is 4.00. The normalized spacial score (nSPS) is 19.8. The van der Waals surface area contributed by atoms with Crippen molar-refractivity contribution < 1.29 is 19.0 Å². The number of carbonyl (C=O) groups is 1. The summed E-state index contributed by atoms with van der Waals surface area (Å²) in [7, 11) is 0. The number of hydrogen-bond donors (Lipinski definition) is 2. The summed E-state index contributed by atoms with van der Waals surface area (Å²) in [6.45, 7) is 5.48. The molecule has 31 heavy (non-hydrogen) atoms. The van der Waals surface area contributed by atoms with Crippen LogP contribution in [0.5, 0.6) is 11.5 Å². The van der Waals surface area contributed by atoms with Crippen molar-refractivity contribution in [3.8, 4) is 22.8 Å². The Morgan fingerprint density at radius 2 is 1.97 bits per heavy atom. The fraction of sp³-hybridized carbons (Fsp3) is 0.391. The Bertz CT molecular complexity index is 1090. The van der Waals surface area contributed by atoms with Crippen LogP contribution in [-0.4, -0.2) is 61.7 Å². The Kier molecular flexibility index (Phi) is 5.38. The van der Waals surface area contributed by atoms with E-state index in [0.29, 0.717) is 31.9 Å². The summed E-state index contributed by atoms with van der Waals surface area (Å²) < 4.78 is 17.5. The van der Waals surface area contributed by atoms with Gasteiger partial charge in [-0.15, -0.1) is 0 Å². The van der Waals surface area contributed by atoms with Gasteiger partial charge in [0.05, 0.1) is 24.8 Å². The highest BCUT2D eigenvalue weighted by Gasteiger charge is 2.18. The van der Waals surface area contributed by atoms with E-state index in [0.717, 1.165) is 46.7 Å². The molecule has 4 bridgehead atoms. The molecule has 1 saturated heterocycles. The summed E-state index contributed by atoms with van der Waals surface area (Å²) in [5.41, 5.74) is 3.71. The first-order chi connectivity index (χ1) is 15.2. The number of nitrogens with zero attached hydrogens (tertiary/aromatic N) is 2. The molecule has 3 aromatic rings. The first-order valence-corrected chi connectivity index (χ1v) is 10.7. The number of morpholine rings is 1. The number of carbonyl (C=O) groups excluding carboxylic acids is 1. The standard InChI is InChI=1S/C23H26N4O4/c1-15-4-5-24-22(28)14-30-19-11-16(10-17(12-19)27-6-8-29-9-7-27)23-20-13-18(31-15)2-3-21(20)25-26-23/h2-3,10-13,15H,4-9,14H2,1H3,(H,24,28)(H,25,26)/t15-/m1/s1. The van der Waals surface area contributed by atoms with E-state index in [4.69, 9.17) is 14.2 Å². The molecule has 162 valence electrons. The predicted molar refractivity (Wildman–Crippen MR) is 118 cm³/mol. The number of H-pyrrole nitrogens is 1. The lowest BCUT2D eigenvalue weighted by molar-refractivity contribution is -0.123. The van der Waals surface area contributed by atoms with Crippen molar-refractivity contribution in [2.45, 2.75) is 19.4 Å². The van der Waals surface area contributed by atoms with Gasteiger partial charge in [0.2, 0.25) is 0 Å². The molecule has 2 aliphatic heterocycles. The number of nitrogens with one attached hydrogen (secondary N) is 2. The van der Waals surface area contributed by atoms with E-state index in [2.05, 4.69) is 26.5 Å². The van der Waals surface area contributed by atoms with Gasteiger partial charge >= 0.3 is 0 Å². The molecule has 8 nitrogen and oxygen atoms in total. The first-order valence-electron chi connectivity index (χ1n) is 10.7. The van der Waals surface area contributed by atoms with Crippen molar-refractivity contribution in [1.29, 1.82) is 0 Å². The van der Waals surface area contributed by atoms with Crippen molar-refractivity contribution >= 4 is 22.5 Å². The minimum Gasteiger partial charge on any atom is -0.491 e. The Hall–Kier alpha value is -3.26. The van der Waals surface area contributed by atoms with Crippen molar-refractivity contribution in [3.63, 3.8) is 0 Å². The van der Waals surface area contributed by atoms with Crippen LogP contribution in [0.3, 0.4) is 0 Å². The lowest BCUT2D eigenvalue weighted by atomic mass is 10.1. The summed E-state index contributed by atoms with van der Waals surface area (Å²) >= 11 is 0. The van der Waals surface area contributed by atoms with Crippen molar-refractivity contribution in [2.24, 2.45) is 0 Å². The molecule has 3 heterocycles. The predicted octanol–water partition coefficient (Wildman–Crippen LogP) is 2.73. The van der Waals surface area contributed by atoms with E-state index in [9.17, 15) is 4.79 Å². The van der Waals surface area contributed by atoms with Gasteiger partial charge in [0.25, 0.3) is 5.91 Å². The minimum absolute atomic E-state index is 0.0341. The third-order valence-electron chi connectivity index (χ3n) is 5.66.